The number of benzene rings is 2. The van der Waals surface area contributed by atoms with E-state index < -0.39 is 5.97 Å². The first-order chi connectivity index (χ1) is 10.5. The zero-order valence-electron chi connectivity index (χ0n) is 11.6. The predicted octanol–water partition coefficient (Wildman–Crippen LogP) is 4.23. The molecule has 112 valence electrons. The molecule has 4 nitrogen and oxygen atoms in total. The summed E-state index contributed by atoms with van der Waals surface area (Å²) in [7, 11) is 1.28. The van der Waals surface area contributed by atoms with Crippen molar-refractivity contribution in [3.05, 3.63) is 63.1 Å². The fourth-order valence-electron chi connectivity index (χ4n) is 1.83. The van der Waals surface area contributed by atoms with Gasteiger partial charge in [-0.1, -0.05) is 23.2 Å². The smallest absolute Gasteiger partial charge is 0.337 e. The molecule has 0 atom stereocenters. The zero-order chi connectivity index (χ0) is 16.1. The molecule has 2 aromatic rings. The van der Waals surface area contributed by atoms with E-state index in [2.05, 4.69) is 4.74 Å². The van der Waals surface area contributed by atoms with Crippen molar-refractivity contribution < 1.29 is 14.3 Å². The molecular formula is C16H11Cl2NO3. The van der Waals surface area contributed by atoms with Gasteiger partial charge in [0.15, 0.2) is 0 Å². The number of hydrogen-bond acceptors (Lipinski definition) is 4. The van der Waals surface area contributed by atoms with E-state index >= 15 is 0 Å². The number of ether oxygens (including phenoxy) is 2. The van der Waals surface area contributed by atoms with Crippen molar-refractivity contribution in [1.29, 1.82) is 5.26 Å². The summed E-state index contributed by atoms with van der Waals surface area (Å²) in [5.74, 6) is -0.0454. The normalized spacial score (nSPS) is 9.91. The number of methoxy groups -OCH3 is 1. The second-order valence-corrected chi connectivity index (χ2v) is 5.23. The zero-order valence-corrected chi connectivity index (χ0v) is 13.1. The van der Waals surface area contributed by atoms with Crippen LogP contribution in [-0.2, 0) is 11.3 Å². The summed E-state index contributed by atoms with van der Waals surface area (Å²) >= 11 is 11.8. The van der Waals surface area contributed by atoms with E-state index in [4.69, 9.17) is 33.2 Å². The van der Waals surface area contributed by atoms with Gasteiger partial charge in [0.1, 0.15) is 12.4 Å². The maximum absolute atomic E-state index is 11.6. The maximum Gasteiger partial charge on any atom is 0.337 e. The molecule has 0 aromatic heterocycles. The molecule has 0 saturated carbocycles. The molecule has 0 fully saturated rings. The monoisotopic (exact) mass is 335 g/mol. The van der Waals surface area contributed by atoms with E-state index in [-0.39, 0.29) is 6.61 Å². The van der Waals surface area contributed by atoms with Gasteiger partial charge in [0.2, 0.25) is 0 Å². The average molecular weight is 336 g/mol. The van der Waals surface area contributed by atoms with Crippen molar-refractivity contribution in [1.82, 2.24) is 0 Å². The minimum atomic E-state index is -0.511. The Morgan fingerprint density at radius 2 is 2.00 bits per heavy atom. The lowest BCUT2D eigenvalue weighted by Gasteiger charge is -2.09. The summed E-state index contributed by atoms with van der Waals surface area (Å²) in [5, 5.41) is 9.92. The van der Waals surface area contributed by atoms with Crippen molar-refractivity contribution in [2.45, 2.75) is 6.61 Å². The minimum Gasteiger partial charge on any atom is -0.487 e. The highest BCUT2D eigenvalue weighted by molar-refractivity contribution is 6.35. The van der Waals surface area contributed by atoms with Crippen molar-refractivity contribution in [3.63, 3.8) is 0 Å². The summed E-state index contributed by atoms with van der Waals surface area (Å²) in [6, 6.07) is 11.6. The van der Waals surface area contributed by atoms with Gasteiger partial charge in [-0.25, -0.2) is 4.79 Å². The third-order valence-electron chi connectivity index (χ3n) is 2.83. The fraction of sp³-hybridized carbons (Fsp3) is 0.125. The molecule has 0 spiro atoms. The van der Waals surface area contributed by atoms with Crippen molar-refractivity contribution in [2.75, 3.05) is 7.11 Å². The number of halogens is 2. The van der Waals surface area contributed by atoms with Gasteiger partial charge in [-0.15, -0.1) is 0 Å². The average Bonchev–Trinajstić information content (AvgIpc) is 2.52. The second-order valence-electron chi connectivity index (χ2n) is 4.39. The van der Waals surface area contributed by atoms with E-state index in [0.29, 0.717) is 32.5 Å². The highest BCUT2D eigenvalue weighted by atomic mass is 35.5. The first-order valence-electron chi connectivity index (χ1n) is 6.23. The van der Waals surface area contributed by atoms with Crippen molar-refractivity contribution >= 4 is 29.2 Å². The second kappa shape index (κ2) is 7.17. The standard InChI is InChI=1S/C16H11Cl2NO3/c1-21-16(20)12-5-10(8-19)4-11(6-12)9-22-15-3-2-13(17)7-14(15)18/h2-7H,9H2,1H3. The van der Waals surface area contributed by atoms with Crippen LogP contribution in [0.1, 0.15) is 21.5 Å². The molecule has 6 heteroatoms. The third kappa shape index (κ3) is 3.91. The highest BCUT2D eigenvalue weighted by Crippen LogP contribution is 2.28. The molecule has 0 aliphatic heterocycles. The molecule has 0 unspecified atom stereocenters. The Hall–Kier alpha value is -2.22. The largest absolute Gasteiger partial charge is 0.487 e. The Labute approximate surface area is 137 Å². The molecule has 2 aromatic carbocycles. The van der Waals surface area contributed by atoms with Gasteiger partial charge < -0.3 is 9.47 Å². The summed E-state index contributed by atoms with van der Waals surface area (Å²) in [5.41, 5.74) is 1.30. The van der Waals surface area contributed by atoms with Gasteiger partial charge >= 0.3 is 5.97 Å². The molecule has 0 amide bonds. The van der Waals surface area contributed by atoms with E-state index in [9.17, 15) is 4.79 Å². The van der Waals surface area contributed by atoms with Crippen molar-refractivity contribution in [3.8, 4) is 11.8 Å². The lowest BCUT2D eigenvalue weighted by molar-refractivity contribution is 0.0600. The number of esters is 1. The summed E-state index contributed by atoms with van der Waals surface area (Å²) in [6.07, 6.45) is 0. The number of nitriles is 1. The molecule has 0 saturated heterocycles. The number of nitrogens with zero attached hydrogens (tertiary/aromatic N) is 1. The van der Waals surface area contributed by atoms with Gasteiger partial charge in [0.25, 0.3) is 0 Å². The number of carbonyl (C=O) groups is 1. The van der Waals surface area contributed by atoms with Crippen LogP contribution in [0.2, 0.25) is 10.0 Å². The van der Waals surface area contributed by atoms with Crippen LogP contribution >= 0.6 is 23.2 Å². The van der Waals surface area contributed by atoms with Gasteiger partial charge in [-0.3, -0.25) is 0 Å². The molecular weight excluding hydrogens is 325 g/mol. The molecule has 0 bridgehead atoms. The number of hydrogen-bond donors (Lipinski definition) is 0. The van der Waals surface area contributed by atoms with Crippen LogP contribution in [0.5, 0.6) is 5.75 Å². The molecule has 0 aliphatic rings. The van der Waals surface area contributed by atoms with E-state index in [0.717, 1.165) is 0 Å². The number of carbonyl (C=O) groups excluding carboxylic acids is 1. The first kappa shape index (κ1) is 16.2. The van der Waals surface area contributed by atoms with Crippen LogP contribution in [0.3, 0.4) is 0 Å². The summed E-state index contributed by atoms with van der Waals surface area (Å²) in [4.78, 5) is 11.6. The summed E-state index contributed by atoms with van der Waals surface area (Å²) in [6.45, 7) is 0.154. The molecule has 0 N–H and O–H groups in total. The first-order valence-corrected chi connectivity index (χ1v) is 6.99. The predicted molar refractivity (Wildman–Crippen MR) is 83.3 cm³/mol. The van der Waals surface area contributed by atoms with Crippen LogP contribution < -0.4 is 4.74 Å². The maximum atomic E-state index is 11.6. The van der Waals surface area contributed by atoms with E-state index in [1.807, 2.05) is 6.07 Å². The van der Waals surface area contributed by atoms with Gasteiger partial charge in [0.05, 0.1) is 29.3 Å². The van der Waals surface area contributed by atoms with Gasteiger partial charge in [-0.2, -0.15) is 5.26 Å². The third-order valence-corrected chi connectivity index (χ3v) is 3.36. The molecule has 0 heterocycles. The quantitative estimate of drug-likeness (QED) is 0.784. The minimum absolute atomic E-state index is 0.154. The molecule has 2 rings (SSSR count). The fourth-order valence-corrected chi connectivity index (χ4v) is 2.29. The SMILES string of the molecule is COC(=O)c1cc(C#N)cc(COc2ccc(Cl)cc2Cl)c1. The van der Waals surface area contributed by atoms with Crippen LogP contribution in [-0.4, -0.2) is 13.1 Å². The van der Waals surface area contributed by atoms with Crippen LogP contribution in [0, 0.1) is 11.3 Å². The van der Waals surface area contributed by atoms with Gasteiger partial charge in [0, 0.05) is 5.02 Å². The Balaban J connectivity index is 2.22. The van der Waals surface area contributed by atoms with Crippen molar-refractivity contribution in [2.24, 2.45) is 0 Å². The highest BCUT2D eigenvalue weighted by Gasteiger charge is 2.10. The molecule has 0 radical (unpaired) electrons. The lowest BCUT2D eigenvalue weighted by atomic mass is 10.1. The van der Waals surface area contributed by atoms with Crippen LogP contribution in [0.25, 0.3) is 0 Å². The van der Waals surface area contributed by atoms with Crippen LogP contribution in [0.15, 0.2) is 36.4 Å². The van der Waals surface area contributed by atoms with E-state index in [1.165, 1.54) is 13.2 Å². The van der Waals surface area contributed by atoms with Crippen LogP contribution in [0.4, 0.5) is 0 Å². The Bertz CT molecular complexity index is 754. The summed E-state index contributed by atoms with van der Waals surface area (Å²) < 4.78 is 10.3. The molecule has 22 heavy (non-hydrogen) atoms. The Kier molecular flexibility index (Phi) is 5.26. The van der Waals surface area contributed by atoms with E-state index in [1.54, 1.807) is 30.3 Å². The number of rotatable bonds is 4. The molecule has 0 aliphatic carbocycles. The Morgan fingerprint density at radius 3 is 2.64 bits per heavy atom. The van der Waals surface area contributed by atoms with Gasteiger partial charge in [-0.05, 0) is 42.0 Å². The Morgan fingerprint density at radius 1 is 1.23 bits per heavy atom. The topological polar surface area (TPSA) is 59.3 Å². The lowest BCUT2D eigenvalue weighted by Crippen LogP contribution is -2.04.